The van der Waals surface area contributed by atoms with Crippen molar-refractivity contribution in [2.45, 2.75) is 12.4 Å². The second kappa shape index (κ2) is 9.65. The van der Waals surface area contributed by atoms with Crippen LogP contribution in [-0.4, -0.2) is 21.1 Å². The third-order valence-electron chi connectivity index (χ3n) is 4.56. The number of anilines is 1. The van der Waals surface area contributed by atoms with E-state index in [1.165, 1.54) is 42.1 Å². The minimum absolute atomic E-state index is 0.118. The molecule has 0 unspecified atom stereocenters. The molecule has 2 N–H and O–H groups in total. The molecule has 0 saturated heterocycles. The van der Waals surface area contributed by atoms with E-state index in [4.69, 9.17) is 0 Å². The normalized spacial score (nSPS) is 11.3. The number of carbonyl (C=O) groups is 1. The summed E-state index contributed by atoms with van der Waals surface area (Å²) in [4.78, 5) is 13.1. The zero-order chi connectivity index (χ0) is 24.3. The summed E-state index contributed by atoms with van der Waals surface area (Å²) >= 11 is -0.734. The van der Waals surface area contributed by atoms with Gasteiger partial charge in [-0.1, -0.05) is 12.1 Å². The molecule has 0 aliphatic heterocycles. The van der Waals surface area contributed by atoms with Crippen molar-refractivity contribution in [1.82, 2.24) is 9.78 Å². The molecule has 1 aromatic heterocycles. The monoisotopic (exact) mass is 485 g/mol. The molecule has 174 valence electrons. The van der Waals surface area contributed by atoms with Crippen LogP contribution in [0.3, 0.4) is 0 Å². The Morgan fingerprint density at radius 1 is 1.03 bits per heavy atom. The van der Waals surface area contributed by atoms with E-state index in [9.17, 15) is 31.1 Å². The third kappa shape index (κ3) is 5.92. The van der Waals surface area contributed by atoms with Gasteiger partial charge in [0.15, 0.2) is 5.82 Å². The van der Waals surface area contributed by atoms with Crippen LogP contribution in [0.25, 0.3) is 11.1 Å². The minimum atomic E-state index is -4.72. The molecule has 0 aliphatic rings. The molecule has 3 rings (SSSR count). The molecule has 0 fully saturated rings. The number of hydrogen-bond donors (Lipinski definition) is 2. The molecule has 11 heteroatoms. The predicted octanol–water partition coefficient (Wildman–Crippen LogP) is 6.68. The highest BCUT2D eigenvalue weighted by Crippen LogP contribution is 2.33. The molecule has 0 bridgehead atoms. The Hall–Kier alpha value is -3.34. The number of aromatic amines is 1. The van der Waals surface area contributed by atoms with Crippen LogP contribution < -0.4 is 4.72 Å². The van der Waals surface area contributed by atoms with E-state index in [0.717, 1.165) is 6.07 Å². The molecule has 0 radical (unpaired) electrons. The number of hydrogen-bond acceptors (Lipinski definition) is 3. The first-order valence-corrected chi connectivity index (χ1v) is 10.2. The highest BCUT2D eigenvalue weighted by molar-refractivity contribution is 8.01. The summed E-state index contributed by atoms with van der Waals surface area (Å²) in [5.41, 5.74) is -5.02. The number of aromatic nitrogens is 2. The number of aryl methyl sites for hydroxylation is 2. The Balaban J connectivity index is 2.10. The average Bonchev–Trinajstić information content (AvgIpc) is 2.71. The molecule has 0 aliphatic carbocycles. The first-order chi connectivity index (χ1) is 15.5. The van der Waals surface area contributed by atoms with Crippen molar-refractivity contribution in [3.8, 4) is 11.1 Å². The SMILES string of the molecule is Cc1cc(-c2ccc(F)cc2)cn(C)[nH]cc1C(=O)c1c(F)ccc(NSC(F)(F)F)c1F. The van der Waals surface area contributed by atoms with Crippen LogP contribution in [0.15, 0.2) is 54.9 Å². The van der Waals surface area contributed by atoms with Crippen molar-refractivity contribution in [3.05, 3.63) is 89.0 Å². The molecule has 2 aromatic carbocycles. The van der Waals surface area contributed by atoms with Gasteiger partial charge in [0.25, 0.3) is 0 Å². The number of nitrogens with one attached hydrogen (secondary N) is 2. The van der Waals surface area contributed by atoms with E-state index in [1.54, 1.807) is 24.0 Å². The van der Waals surface area contributed by atoms with Crippen LogP contribution in [0.1, 0.15) is 21.5 Å². The van der Waals surface area contributed by atoms with Gasteiger partial charge in [-0.15, -0.1) is 0 Å². The lowest BCUT2D eigenvalue weighted by atomic mass is 9.98. The molecule has 4 nitrogen and oxygen atoms in total. The van der Waals surface area contributed by atoms with E-state index in [1.807, 2.05) is 0 Å². The summed E-state index contributed by atoms with van der Waals surface area (Å²) in [5.74, 6) is -4.18. The topological polar surface area (TPSA) is 49.8 Å². The van der Waals surface area contributed by atoms with Crippen molar-refractivity contribution < 1.29 is 31.1 Å². The molecule has 0 atom stereocenters. The molecular weight excluding hydrogens is 468 g/mol. The first kappa shape index (κ1) is 24.3. The summed E-state index contributed by atoms with van der Waals surface area (Å²) in [6, 6.07) is 8.63. The number of benzene rings is 2. The maximum absolute atomic E-state index is 14.9. The fourth-order valence-electron chi connectivity index (χ4n) is 3.01. The molecular formula is C22H17F6N3OS. The Labute approximate surface area is 189 Å². The van der Waals surface area contributed by atoms with E-state index in [-0.39, 0.29) is 5.56 Å². The Bertz CT molecular complexity index is 1230. The van der Waals surface area contributed by atoms with E-state index < -0.39 is 51.9 Å². The van der Waals surface area contributed by atoms with Crippen LogP contribution in [0, 0.1) is 24.4 Å². The van der Waals surface area contributed by atoms with Crippen molar-refractivity contribution in [2.24, 2.45) is 7.05 Å². The number of nitrogens with zero attached hydrogens (tertiary/aromatic N) is 1. The number of carbonyl (C=O) groups excluding carboxylic acids is 1. The highest BCUT2D eigenvalue weighted by atomic mass is 32.2. The Kier molecular flexibility index (Phi) is 7.11. The van der Waals surface area contributed by atoms with E-state index in [2.05, 4.69) is 5.10 Å². The molecule has 0 spiro atoms. The first-order valence-electron chi connectivity index (χ1n) is 9.35. The van der Waals surface area contributed by atoms with Crippen LogP contribution in [0.4, 0.5) is 32.0 Å². The van der Waals surface area contributed by atoms with Gasteiger partial charge < -0.3 is 9.82 Å². The van der Waals surface area contributed by atoms with Gasteiger partial charge in [-0.25, -0.2) is 13.2 Å². The number of alkyl halides is 3. The lowest BCUT2D eigenvalue weighted by Crippen LogP contribution is -2.12. The smallest absolute Gasteiger partial charge is 0.320 e. The van der Waals surface area contributed by atoms with Crippen LogP contribution >= 0.6 is 11.9 Å². The van der Waals surface area contributed by atoms with Gasteiger partial charge in [0.05, 0.1) is 23.2 Å². The molecule has 0 saturated carbocycles. The number of ketones is 1. The number of rotatable bonds is 5. The fraction of sp³-hybridized carbons (Fsp3) is 0.136. The van der Waals surface area contributed by atoms with Crippen LogP contribution in [-0.2, 0) is 7.05 Å². The maximum atomic E-state index is 14.9. The molecule has 1 heterocycles. The number of H-pyrrole nitrogens is 1. The fourth-order valence-corrected chi connectivity index (χ4v) is 3.39. The Morgan fingerprint density at radius 3 is 2.33 bits per heavy atom. The van der Waals surface area contributed by atoms with E-state index >= 15 is 0 Å². The molecule has 33 heavy (non-hydrogen) atoms. The predicted molar refractivity (Wildman–Crippen MR) is 115 cm³/mol. The van der Waals surface area contributed by atoms with Gasteiger partial charge >= 0.3 is 5.51 Å². The Morgan fingerprint density at radius 2 is 1.70 bits per heavy atom. The summed E-state index contributed by atoms with van der Waals surface area (Å²) in [6.07, 6.45) is 2.89. The van der Waals surface area contributed by atoms with Gasteiger partial charge in [0.2, 0.25) is 5.78 Å². The number of halogens is 6. The average molecular weight is 485 g/mol. The standard InChI is InChI=1S/C22H17F6N3OS/c1-12-9-14(13-3-5-15(23)6-4-13)11-31(2)29-10-16(12)21(32)19-17(24)7-8-18(20(19)25)30-33-22(26,27)28/h3-11,29-30H,1-2H3. The van der Waals surface area contributed by atoms with Crippen molar-refractivity contribution in [2.75, 3.05) is 4.72 Å². The van der Waals surface area contributed by atoms with Crippen LogP contribution in [0.2, 0.25) is 0 Å². The van der Waals surface area contributed by atoms with Crippen molar-refractivity contribution in [1.29, 1.82) is 0 Å². The van der Waals surface area contributed by atoms with Gasteiger partial charge in [-0.05, 0) is 53.9 Å². The zero-order valence-corrected chi connectivity index (χ0v) is 18.0. The van der Waals surface area contributed by atoms with Crippen molar-refractivity contribution in [3.63, 3.8) is 0 Å². The summed E-state index contributed by atoms with van der Waals surface area (Å²) in [6.45, 7) is 1.53. The van der Waals surface area contributed by atoms with Gasteiger partial charge in [0.1, 0.15) is 11.6 Å². The van der Waals surface area contributed by atoms with Gasteiger partial charge in [0, 0.05) is 25.0 Å². The maximum Gasteiger partial charge on any atom is 0.461 e. The second-order valence-electron chi connectivity index (χ2n) is 6.98. The van der Waals surface area contributed by atoms with Crippen molar-refractivity contribution >= 4 is 23.4 Å². The molecule has 0 amide bonds. The molecule has 3 aromatic rings. The quantitative estimate of drug-likeness (QED) is 0.241. The third-order valence-corrected chi connectivity index (χ3v) is 5.11. The second-order valence-corrected chi connectivity index (χ2v) is 7.85. The minimum Gasteiger partial charge on any atom is -0.320 e. The van der Waals surface area contributed by atoms with Gasteiger partial charge in [-0.3, -0.25) is 9.48 Å². The van der Waals surface area contributed by atoms with Crippen LogP contribution in [0.5, 0.6) is 0 Å². The summed E-state index contributed by atoms with van der Waals surface area (Å²) in [7, 11) is 1.61. The van der Waals surface area contributed by atoms with E-state index in [0.29, 0.717) is 22.8 Å². The lowest BCUT2D eigenvalue weighted by Gasteiger charge is -2.13. The highest BCUT2D eigenvalue weighted by Gasteiger charge is 2.30. The zero-order valence-electron chi connectivity index (χ0n) is 17.2. The largest absolute Gasteiger partial charge is 0.461 e. The summed E-state index contributed by atoms with van der Waals surface area (Å²) < 4.78 is 83.2. The summed E-state index contributed by atoms with van der Waals surface area (Å²) in [5, 5.41) is 2.77. The lowest BCUT2D eigenvalue weighted by molar-refractivity contribution is -0.0323. The van der Waals surface area contributed by atoms with Gasteiger partial charge in [-0.2, -0.15) is 13.2 Å².